The van der Waals surface area contributed by atoms with E-state index >= 15 is 0 Å². The summed E-state index contributed by atoms with van der Waals surface area (Å²) < 4.78 is 5.59. The predicted molar refractivity (Wildman–Crippen MR) is 62.0 cm³/mol. The normalized spacial score (nSPS) is 10.7. The van der Waals surface area contributed by atoms with E-state index in [2.05, 4.69) is 15.2 Å². The van der Waals surface area contributed by atoms with Crippen molar-refractivity contribution in [1.29, 1.82) is 0 Å². The van der Waals surface area contributed by atoms with Gasteiger partial charge in [0.15, 0.2) is 5.82 Å². The van der Waals surface area contributed by atoms with Crippen molar-refractivity contribution < 1.29 is 4.74 Å². The number of rotatable bonds is 3. The van der Waals surface area contributed by atoms with Gasteiger partial charge in [0, 0.05) is 17.3 Å². The highest BCUT2D eigenvalue weighted by molar-refractivity contribution is 5.64. The number of H-pyrrole nitrogens is 1. The summed E-state index contributed by atoms with van der Waals surface area (Å²) in [6, 6.07) is 5.48. The molecule has 1 aromatic carbocycles. The molecule has 0 amide bonds. The number of ether oxygens (including phenoxy) is 1. The molecule has 0 bridgehead atoms. The van der Waals surface area contributed by atoms with Crippen LogP contribution in [-0.2, 0) is 0 Å². The van der Waals surface area contributed by atoms with Gasteiger partial charge in [-0.05, 0) is 26.0 Å². The molecule has 0 fully saturated rings. The van der Waals surface area contributed by atoms with Crippen molar-refractivity contribution in [2.75, 3.05) is 5.73 Å². The SMILES string of the molecule is CC(C)Oc1cc(N)cc(-c2nc[nH]n2)c1. The number of aromatic amines is 1. The lowest BCUT2D eigenvalue weighted by Gasteiger charge is -2.11. The van der Waals surface area contributed by atoms with Crippen molar-refractivity contribution in [3.63, 3.8) is 0 Å². The largest absolute Gasteiger partial charge is 0.491 e. The lowest BCUT2D eigenvalue weighted by molar-refractivity contribution is 0.242. The van der Waals surface area contributed by atoms with Crippen molar-refractivity contribution in [3.8, 4) is 17.1 Å². The number of hydrogen-bond donors (Lipinski definition) is 2. The van der Waals surface area contributed by atoms with Gasteiger partial charge in [-0.2, -0.15) is 5.10 Å². The summed E-state index contributed by atoms with van der Waals surface area (Å²) in [5, 5.41) is 6.67. The number of nitrogens with zero attached hydrogens (tertiary/aromatic N) is 2. The summed E-state index contributed by atoms with van der Waals surface area (Å²) in [6.45, 7) is 3.94. The molecule has 5 heteroatoms. The Balaban J connectivity index is 2.36. The van der Waals surface area contributed by atoms with Crippen LogP contribution in [0.25, 0.3) is 11.4 Å². The van der Waals surface area contributed by atoms with Crippen LogP contribution in [0.4, 0.5) is 5.69 Å². The molecule has 2 rings (SSSR count). The van der Waals surface area contributed by atoms with Crippen LogP contribution in [0.15, 0.2) is 24.5 Å². The first kappa shape index (κ1) is 10.5. The second-order valence-electron chi connectivity index (χ2n) is 3.78. The Bertz CT molecular complexity index is 465. The van der Waals surface area contributed by atoms with Gasteiger partial charge in [0.25, 0.3) is 0 Å². The van der Waals surface area contributed by atoms with E-state index in [0.717, 1.165) is 11.3 Å². The molecule has 0 unspecified atom stereocenters. The lowest BCUT2D eigenvalue weighted by Crippen LogP contribution is -2.06. The maximum Gasteiger partial charge on any atom is 0.181 e. The highest BCUT2D eigenvalue weighted by atomic mass is 16.5. The van der Waals surface area contributed by atoms with E-state index in [1.165, 1.54) is 6.33 Å². The van der Waals surface area contributed by atoms with Gasteiger partial charge in [-0.1, -0.05) is 0 Å². The van der Waals surface area contributed by atoms with Gasteiger partial charge in [0.1, 0.15) is 12.1 Å². The standard InChI is InChI=1S/C11H14N4O/c1-7(2)16-10-4-8(3-9(12)5-10)11-13-6-14-15-11/h3-7H,12H2,1-2H3,(H,13,14,15). The third-order valence-electron chi connectivity index (χ3n) is 1.97. The quantitative estimate of drug-likeness (QED) is 0.771. The molecule has 84 valence electrons. The summed E-state index contributed by atoms with van der Waals surface area (Å²) in [4.78, 5) is 4.07. The molecule has 3 N–H and O–H groups in total. The van der Waals surface area contributed by atoms with Crippen molar-refractivity contribution in [1.82, 2.24) is 15.2 Å². The summed E-state index contributed by atoms with van der Waals surface area (Å²) in [7, 11) is 0. The van der Waals surface area contributed by atoms with Gasteiger partial charge >= 0.3 is 0 Å². The zero-order chi connectivity index (χ0) is 11.5. The minimum absolute atomic E-state index is 0.113. The molecule has 0 spiro atoms. The smallest absolute Gasteiger partial charge is 0.181 e. The van der Waals surface area contributed by atoms with Gasteiger partial charge < -0.3 is 10.5 Å². The summed E-state index contributed by atoms with van der Waals surface area (Å²) in [5.41, 5.74) is 7.28. The van der Waals surface area contributed by atoms with Crippen LogP contribution in [0.5, 0.6) is 5.75 Å². The molecule has 0 aliphatic carbocycles. The third-order valence-corrected chi connectivity index (χ3v) is 1.97. The molecular weight excluding hydrogens is 204 g/mol. The van der Waals surface area contributed by atoms with Gasteiger partial charge in [0.2, 0.25) is 0 Å². The Labute approximate surface area is 93.7 Å². The Hall–Kier alpha value is -2.04. The first-order valence-corrected chi connectivity index (χ1v) is 5.08. The minimum atomic E-state index is 0.113. The van der Waals surface area contributed by atoms with E-state index in [4.69, 9.17) is 10.5 Å². The van der Waals surface area contributed by atoms with Gasteiger partial charge in [-0.25, -0.2) is 4.98 Å². The molecule has 0 aliphatic heterocycles. The first-order valence-electron chi connectivity index (χ1n) is 5.08. The number of anilines is 1. The number of aromatic nitrogens is 3. The Morgan fingerprint density at radius 1 is 1.31 bits per heavy atom. The monoisotopic (exact) mass is 218 g/mol. The highest BCUT2D eigenvalue weighted by Crippen LogP contribution is 2.25. The predicted octanol–water partition coefficient (Wildman–Crippen LogP) is 1.84. The van der Waals surface area contributed by atoms with Crippen LogP contribution in [-0.4, -0.2) is 21.3 Å². The maximum absolute atomic E-state index is 5.80. The molecule has 16 heavy (non-hydrogen) atoms. The van der Waals surface area contributed by atoms with Gasteiger partial charge in [0.05, 0.1) is 6.10 Å². The van der Waals surface area contributed by atoms with E-state index < -0.39 is 0 Å². The fraction of sp³-hybridized carbons (Fsp3) is 0.273. The van der Waals surface area contributed by atoms with E-state index in [1.807, 2.05) is 26.0 Å². The molecule has 0 aliphatic rings. The molecule has 0 saturated carbocycles. The van der Waals surface area contributed by atoms with Crippen LogP contribution in [0.3, 0.4) is 0 Å². The zero-order valence-electron chi connectivity index (χ0n) is 9.27. The van der Waals surface area contributed by atoms with Crippen LogP contribution < -0.4 is 10.5 Å². The van der Waals surface area contributed by atoms with Crippen molar-refractivity contribution in [3.05, 3.63) is 24.5 Å². The Morgan fingerprint density at radius 2 is 2.12 bits per heavy atom. The highest BCUT2D eigenvalue weighted by Gasteiger charge is 2.06. The number of nitrogen functional groups attached to an aromatic ring is 1. The fourth-order valence-electron chi connectivity index (χ4n) is 1.44. The first-order chi connectivity index (χ1) is 7.65. The molecule has 5 nitrogen and oxygen atoms in total. The second kappa shape index (κ2) is 4.22. The van der Waals surface area contributed by atoms with Crippen molar-refractivity contribution in [2.24, 2.45) is 0 Å². The minimum Gasteiger partial charge on any atom is -0.491 e. The molecule has 1 heterocycles. The topological polar surface area (TPSA) is 76.8 Å². The summed E-state index contributed by atoms with van der Waals surface area (Å²) in [5.74, 6) is 1.34. The molecular formula is C11H14N4O. The second-order valence-corrected chi connectivity index (χ2v) is 3.78. The maximum atomic E-state index is 5.80. The van der Waals surface area contributed by atoms with Crippen molar-refractivity contribution >= 4 is 5.69 Å². The van der Waals surface area contributed by atoms with Crippen LogP contribution in [0.2, 0.25) is 0 Å². The molecule has 2 aromatic rings. The zero-order valence-corrected chi connectivity index (χ0v) is 9.27. The van der Waals surface area contributed by atoms with Crippen LogP contribution >= 0.6 is 0 Å². The van der Waals surface area contributed by atoms with E-state index in [-0.39, 0.29) is 6.10 Å². The number of nitrogens with one attached hydrogen (secondary N) is 1. The van der Waals surface area contributed by atoms with E-state index in [9.17, 15) is 0 Å². The van der Waals surface area contributed by atoms with Gasteiger partial charge in [-0.15, -0.1) is 0 Å². The van der Waals surface area contributed by atoms with Crippen molar-refractivity contribution in [2.45, 2.75) is 20.0 Å². The Morgan fingerprint density at radius 3 is 2.75 bits per heavy atom. The summed E-state index contributed by atoms with van der Waals surface area (Å²) in [6.07, 6.45) is 1.64. The van der Waals surface area contributed by atoms with E-state index in [1.54, 1.807) is 6.07 Å². The van der Waals surface area contributed by atoms with Crippen LogP contribution in [0.1, 0.15) is 13.8 Å². The Kier molecular flexibility index (Phi) is 2.76. The fourth-order valence-corrected chi connectivity index (χ4v) is 1.44. The molecule has 0 atom stereocenters. The number of hydrogen-bond acceptors (Lipinski definition) is 4. The summed E-state index contributed by atoms with van der Waals surface area (Å²) >= 11 is 0. The van der Waals surface area contributed by atoms with Crippen LogP contribution in [0, 0.1) is 0 Å². The molecule has 1 aromatic heterocycles. The third kappa shape index (κ3) is 2.31. The van der Waals surface area contributed by atoms with E-state index in [0.29, 0.717) is 11.5 Å². The average Bonchev–Trinajstić information content (AvgIpc) is 2.67. The number of benzene rings is 1. The molecule has 0 saturated heterocycles. The molecule has 0 radical (unpaired) electrons. The van der Waals surface area contributed by atoms with Gasteiger partial charge in [-0.3, -0.25) is 5.10 Å². The average molecular weight is 218 g/mol. The number of nitrogens with two attached hydrogens (primary N) is 1. The lowest BCUT2D eigenvalue weighted by atomic mass is 10.2.